The summed E-state index contributed by atoms with van der Waals surface area (Å²) >= 11 is 0. The highest BCUT2D eigenvalue weighted by molar-refractivity contribution is 6.48. The number of nitro groups is 1. The lowest BCUT2D eigenvalue weighted by Crippen LogP contribution is -2.65. The van der Waals surface area contributed by atoms with E-state index in [4.69, 9.17) is 14.7 Å². The van der Waals surface area contributed by atoms with Gasteiger partial charge in [-0.2, -0.15) is 0 Å². The Kier molecular flexibility index (Phi) is 10.4. The largest absolute Gasteiger partial charge is 0.481 e. The summed E-state index contributed by atoms with van der Waals surface area (Å²) in [5.74, 6) is -0.397. The minimum absolute atomic E-state index is 0.0209. The Hall–Kier alpha value is -3.45. The quantitative estimate of drug-likeness (QED) is 0.0431. The average molecular weight is 611 g/mol. The number of nitrogens with one attached hydrogen (secondary N) is 5. The molecular weight excluding hydrogens is 563 g/mol. The van der Waals surface area contributed by atoms with Crippen molar-refractivity contribution >= 4 is 31.0 Å². The molecule has 1 heterocycles. The van der Waals surface area contributed by atoms with E-state index >= 15 is 0 Å². The van der Waals surface area contributed by atoms with Crippen molar-refractivity contribution in [3.05, 3.63) is 51.6 Å². The van der Waals surface area contributed by atoms with Crippen molar-refractivity contribution in [2.75, 3.05) is 6.54 Å². The Labute approximate surface area is 260 Å². The van der Waals surface area contributed by atoms with Crippen LogP contribution in [0.1, 0.15) is 77.8 Å². The topological polar surface area (TPSA) is 168 Å². The summed E-state index contributed by atoms with van der Waals surface area (Å²) in [6.45, 7) is 13.1. The number of carbonyl (C=O) groups is 2. The van der Waals surface area contributed by atoms with Crippen LogP contribution in [0.5, 0.6) is 0 Å². The Morgan fingerprint density at radius 2 is 1.89 bits per heavy atom. The molecular formula is C31H47BN6O6. The molecule has 1 aliphatic heterocycles. The zero-order valence-corrected chi connectivity index (χ0v) is 26.6. The fourth-order valence-corrected chi connectivity index (χ4v) is 7.09. The summed E-state index contributed by atoms with van der Waals surface area (Å²) in [4.78, 5) is 37.3. The van der Waals surface area contributed by atoms with E-state index in [0.29, 0.717) is 24.7 Å². The molecule has 2 bridgehead atoms. The van der Waals surface area contributed by atoms with Crippen LogP contribution >= 0.6 is 0 Å². The molecule has 4 aliphatic rings. The second-order valence-corrected chi connectivity index (χ2v) is 13.7. The predicted molar refractivity (Wildman–Crippen MR) is 169 cm³/mol. The predicted octanol–water partition coefficient (Wildman–Crippen LogP) is 3.38. The van der Waals surface area contributed by atoms with Crippen LogP contribution in [0.25, 0.3) is 6.08 Å². The summed E-state index contributed by atoms with van der Waals surface area (Å²) in [6.07, 6.45) is 6.38. The van der Waals surface area contributed by atoms with Crippen molar-refractivity contribution in [1.82, 2.24) is 21.4 Å². The third-order valence-electron chi connectivity index (χ3n) is 9.66. The number of hydrazine groups is 1. The summed E-state index contributed by atoms with van der Waals surface area (Å²) in [5.41, 5.74) is 3.49. The highest BCUT2D eigenvalue weighted by Gasteiger charge is 2.68. The minimum atomic E-state index is -0.884. The van der Waals surface area contributed by atoms with Gasteiger partial charge in [0.15, 0.2) is 5.03 Å². The molecule has 4 fully saturated rings. The van der Waals surface area contributed by atoms with E-state index in [1.165, 1.54) is 6.08 Å². The van der Waals surface area contributed by atoms with E-state index < -0.39 is 41.6 Å². The molecule has 0 unspecified atom stereocenters. The molecule has 5 N–H and O–H groups in total. The second-order valence-electron chi connectivity index (χ2n) is 13.7. The number of amides is 2. The molecule has 6 atom stereocenters. The lowest BCUT2D eigenvalue weighted by atomic mass is 9.43. The van der Waals surface area contributed by atoms with Gasteiger partial charge in [-0.25, -0.2) is 10.1 Å². The van der Waals surface area contributed by atoms with Crippen molar-refractivity contribution in [2.45, 2.75) is 97.3 Å². The zero-order chi connectivity index (χ0) is 32.2. The number of aryl methyl sites for hydroxylation is 1. The smallest absolute Gasteiger partial charge is 0.404 e. The van der Waals surface area contributed by atoms with Crippen LogP contribution in [0, 0.1) is 45.6 Å². The van der Waals surface area contributed by atoms with Crippen molar-refractivity contribution in [1.29, 1.82) is 5.41 Å². The van der Waals surface area contributed by atoms with Gasteiger partial charge in [0.1, 0.15) is 6.04 Å². The molecule has 0 radical (unpaired) electrons. The molecule has 1 aromatic carbocycles. The number of hydrogen-bond donors (Lipinski definition) is 5. The van der Waals surface area contributed by atoms with Crippen LogP contribution in [0.15, 0.2) is 30.3 Å². The van der Waals surface area contributed by atoms with E-state index in [9.17, 15) is 19.7 Å². The van der Waals surface area contributed by atoms with Crippen LogP contribution in [-0.4, -0.2) is 60.2 Å². The molecule has 12 nitrogen and oxygen atoms in total. The first-order chi connectivity index (χ1) is 20.7. The van der Waals surface area contributed by atoms with E-state index in [1.807, 2.05) is 31.2 Å². The van der Waals surface area contributed by atoms with Gasteiger partial charge in [-0.15, -0.1) is 0 Å². The minimum Gasteiger partial charge on any atom is -0.404 e. The summed E-state index contributed by atoms with van der Waals surface area (Å²) in [6, 6.07) is 6.84. The van der Waals surface area contributed by atoms with Crippen molar-refractivity contribution in [3.63, 3.8) is 0 Å². The van der Waals surface area contributed by atoms with E-state index in [0.717, 1.165) is 24.0 Å². The van der Waals surface area contributed by atoms with Gasteiger partial charge < -0.3 is 25.3 Å². The first kappa shape index (κ1) is 33.4. The number of rotatable bonds is 13. The SMILES string of the molecule is Cc1ccc(C=CC(=O)N[C@@H](CCCNC(=N)N[N+](=O)[O-])C(=O)N[C@@H](CC(C)C)B2O[C@@H]3C[C@@H]4C[C@@H](C4(C)C)[C@]3(C)O2)cc1. The molecule has 240 valence electrons. The van der Waals surface area contributed by atoms with Gasteiger partial charge in [0.05, 0.1) is 17.6 Å². The Morgan fingerprint density at radius 3 is 2.52 bits per heavy atom. The fourth-order valence-electron chi connectivity index (χ4n) is 7.09. The number of benzene rings is 1. The van der Waals surface area contributed by atoms with Gasteiger partial charge in [0.25, 0.3) is 5.96 Å². The number of hydrogen-bond acceptors (Lipinski definition) is 7. The van der Waals surface area contributed by atoms with Gasteiger partial charge in [-0.05, 0) is 80.8 Å². The Bertz CT molecular complexity index is 1260. The lowest BCUT2D eigenvalue weighted by Gasteiger charge is -2.64. The average Bonchev–Trinajstić information content (AvgIpc) is 3.30. The van der Waals surface area contributed by atoms with Crippen molar-refractivity contribution in [2.24, 2.45) is 23.2 Å². The van der Waals surface area contributed by atoms with Crippen LogP contribution < -0.4 is 21.4 Å². The van der Waals surface area contributed by atoms with Crippen molar-refractivity contribution < 1.29 is 23.9 Å². The van der Waals surface area contributed by atoms with Gasteiger partial charge in [0, 0.05) is 12.6 Å². The highest BCUT2D eigenvalue weighted by Crippen LogP contribution is 2.65. The highest BCUT2D eigenvalue weighted by atomic mass is 16.7. The number of carbonyl (C=O) groups excluding carboxylic acids is 2. The molecule has 0 aromatic heterocycles. The number of nitrogens with zero attached hydrogens (tertiary/aromatic N) is 1. The monoisotopic (exact) mass is 610 g/mol. The van der Waals surface area contributed by atoms with Crippen LogP contribution in [0.2, 0.25) is 0 Å². The maximum atomic E-state index is 13.8. The van der Waals surface area contributed by atoms with Gasteiger partial charge in [0.2, 0.25) is 11.8 Å². The first-order valence-corrected chi connectivity index (χ1v) is 15.6. The third-order valence-corrected chi connectivity index (χ3v) is 9.66. The van der Waals surface area contributed by atoms with E-state index in [1.54, 1.807) is 11.5 Å². The molecule has 44 heavy (non-hydrogen) atoms. The first-order valence-electron chi connectivity index (χ1n) is 15.6. The molecule has 13 heteroatoms. The zero-order valence-electron chi connectivity index (χ0n) is 26.6. The second kappa shape index (κ2) is 13.7. The summed E-state index contributed by atoms with van der Waals surface area (Å²) in [7, 11) is -0.598. The molecule has 1 saturated heterocycles. The Balaban J connectivity index is 1.43. The molecule has 0 spiro atoms. The standard InChI is InChI=1S/C31H47BN6O6/c1-19(2)16-26(32-43-25-18-22-17-24(30(22,4)5)31(25,6)44-32)36-28(40)23(8-7-15-34-29(33)37-38(41)42)35-27(39)14-13-21-11-9-20(3)10-12-21/h9-14,19,22-26H,7-8,15-18H2,1-6H3,(H,35,39)(H,36,40)(H3,33,34,37)/t22-,23-,24-,25+,26-,31-/m0/s1. The molecule has 2 amide bonds. The van der Waals surface area contributed by atoms with Crippen LogP contribution in [0.4, 0.5) is 0 Å². The molecule has 3 saturated carbocycles. The molecule has 5 rings (SSSR count). The van der Waals surface area contributed by atoms with E-state index in [2.05, 4.69) is 50.6 Å². The Morgan fingerprint density at radius 1 is 1.18 bits per heavy atom. The van der Waals surface area contributed by atoms with Crippen LogP contribution in [0.3, 0.4) is 0 Å². The van der Waals surface area contributed by atoms with Crippen molar-refractivity contribution in [3.8, 4) is 0 Å². The lowest BCUT2D eigenvalue weighted by molar-refractivity contribution is -0.525. The molecule has 1 aromatic rings. The van der Waals surface area contributed by atoms with E-state index in [-0.39, 0.29) is 36.3 Å². The molecule has 3 aliphatic carbocycles. The summed E-state index contributed by atoms with van der Waals surface area (Å²) < 4.78 is 13.2. The number of guanidine groups is 1. The van der Waals surface area contributed by atoms with Gasteiger partial charge in [-0.3, -0.25) is 15.0 Å². The van der Waals surface area contributed by atoms with Gasteiger partial charge >= 0.3 is 7.12 Å². The van der Waals surface area contributed by atoms with Crippen LogP contribution in [-0.2, 0) is 18.9 Å². The maximum absolute atomic E-state index is 13.8. The fraction of sp³-hybridized carbons (Fsp3) is 0.645. The normalized spacial score (nSPS) is 26.3. The van der Waals surface area contributed by atoms with Gasteiger partial charge in [-0.1, -0.05) is 62.9 Å². The third kappa shape index (κ3) is 7.79. The maximum Gasteiger partial charge on any atom is 0.481 e. The summed E-state index contributed by atoms with van der Waals surface area (Å²) in [5, 5.41) is 25.9.